The minimum Gasteiger partial charge on any atom is -0.376 e. The molecule has 6 nitrogen and oxygen atoms in total. The summed E-state index contributed by atoms with van der Waals surface area (Å²) >= 11 is 3.18. The van der Waals surface area contributed by atoms with Crippen LogP contribution in [0.5, 0.6) is 0 Å². The fourth-order valence-corrected chi connectivity index (χ4v) is 3.01. The second-order valence-corrected chi connectivity index (χ2v) is 7.42. The van der Waals surface area contributed by atoms with Crippen LogP contribution in [0.3, 0.4) is 0 Å². The fraction of sp³-hybridized carbons (Fsp3) is 0.364. The van der Waals surface area contributed by atoms with Gasteiger partial charge in [0.05, 0.1) is 30.4 Å². The normalized spacial score (nSPS) is 19.6. The molecule has 1 saturated heterocycles. The van der Waals surface area contributed by atoms with E-state index in [1.165, 1.54) is 18.2 Å². The molecule has 1 aromatic carbocycles. The molecule has 1 N–H and O–H groups in total. The van der Waals surface area contributed by atoms with Gasteiger partial charge in [-0.1, -0.05) is 0 Å². The maximum atomic E-state index is 11.9. The Morgan fingerprint density at radius 1 is 1.40 bits per heavy atom. The van der Waals surface area contributed by atoms with Crippen molar-refractivity contribution in [3.05, 3.63) is 22.7 Å². The Kier molecular flexibility index (Phi) is 5.03. The molecule has 1 atom stereocenters. The van der Waals surface area contributed by atoms with E-state index in [1.54, 1.807) is 0 Å². The first-order valence-electron chi connectivity index (χ1n) is 5.62. The van der Waals surface area contributed by atoms with Crippen LogP contribution in [0.1, 0.15) is 0 Å². The van der Waals surface area contributed by atoms with E-state index in [9.17, 15) is 13.2 Å². The molecule has 20 heavy (non-hydrogen) atoms. The van der Waals surface area contributed by atoms with E-state index in [2.05, 4.69) is 21.2 Å². The monoisotopic (exact) mass is 383 g/mol. The van der Waals surface area contributed by atoms with Crippen LogP contribution in [-0.4, -0.2) is 40.2 Å². The predicted octanol–water partition coefficient (Wildman–Crippen LogP) is 1.73. The van der Waals surface area contributed by atoms with Gasteiger partial charge in [0.15, 0.2) is 6.10 Å². The summed E-state index contributed by atoms with van der Waals surface area (Å²) < 4.78 is 33.2. The number of ether oxygens (including phenoxy) is 2. The molecule has 0 aromatic heterocycles. The molecule has 1 aromatic rings. The Labute approximate surface area is 128 Å². The molecule has 1 aliphatic rings. The van der Waals surface area contributed by atoms with Crippen molar-refractivity contribution < 1.29 is 22.7 Å². The van der Waals surface area contributed by atoms with Gasteiger partial charge in [-0.2, -0.15) is 0 Å². The molecule has 1 aliphatic heterocycles. The number of carbonyl (C=O) groups is 1. The number of hydrogen-bond acceptors (Lipinski definition) is 5. The number of amides is 1. The average Bonchev–Trinajstić information content (AvgIpc) is 2.41. The Morgan fingerprint density at radius 2 is 2.15 bits per heavy atom. The van der Waals surface area contributed by atoms with Gasteiger partial charge in [0.25, 0.3) is 15.0 Å². The number of hydrogen-bond donors (Lipinski definition) is 1. The molecular weight excluding hydrogens is 374 g/mol. The Balaban J connectivity index is 2.11. The van der Waals surface area contributed by atoms with Crippen molar-refractivity contribution in [3.63, 3.8) is 0 Å². The molecule has 1 heterocycles. The minimum atomic E-state index is -3.81. The molecule has 0 radical (unpaired) electrons. The van der Waals surface area contributed by atoms with Crippen molar-refractivity contribution in [2.24, 2.45) is 0 Å². The summed E-state index contributed by atoms with van der Waals surface area (Å²) in [7, 11) is 1.43. The molecule has 1 amide bonds. The molecule has 1 fully saturated rings. The molecular formula is C11H11BrClNO5S. The van der Waals surface area contributed by atoms with Gasteiger partial charge in [-0.05, 0) is 34.1 Å². The number of nitrogens with one attached hydrogen (secondary N) is 1. The first kappa shape index (κ1) is 15.7. The highest BCUT2D eigenvalue weighted by Crippen LogP contribution is 2.27. The van der Waals surface area contributed by atoms with Crippen molar-refractivity contribution in [1.82, 2.24) is 0 Å². The average molecular weight is 385 g/mol. The lowest BCUT2D eigenvalue weighted by molar-refractivity contribution is -0.142. The molecule has 0 aliphatic carbocycles. The molecule has 110 valence electrons. The highest BCUT2D eigenvalue weighted by Gasteiger charge is 2.23. The summed E-state index contributed by atoms with van der Waals surface area (Å²) in [5.74, 6) is -0.355. The van der Waals surface area contributed by atoms with Crippen LogP contribution in [-0.2, 0) is 23.3 Å². The Bertz CT molecular complexity index is 615. The summed E-state index contributed by atoms with van der Waals surface area (Å²) in [5, 5.41) is 2.63. The van der Waals surface area contributed by atoms with E-state index in [0.717, 1.165) is 0 Å². The van der Waals surface area contributed by atoms with Gasteiger partial charge in [0, 0.05) is 15.2 Å². The van der Waals surface area contributed by atoms with Crippen molar-refractivity contribution in [2.45, 2.75) is 11.0 Å². The zero-order valence-corrected chi connectivity index (χ0v) is 13.3. The standard InChI is InChI=1S/C11H11BrClNO5S/c12-8-5-7(20(13,16)17)1-2-9(8)14-11(15)10-6-18-3-4-19-10/h1-2,5,10H,3-4,6H2,(H,14,15). The van der Waals surface area contributed by atoms with Crippen molar-refractivity contribution in [3.8, 4) is 0 Å². The van der Waals surface area contributed by atoms with E-state index in [-0.39, 0.29) is 17.4 Å². The number of rotatable bonds is 3. The molecule has 1 unspecified atom stereocenters. The van der Waals surface area contributed by atoms with Crippen LogP contribution >= 0.6 is 26.6 Å². The van der Waals surface area contributed by atoms with Gasteiger partial charge in [0.2, 0.25) is 0 Å². The highest BCUT2D eigenvalue weighted by molar-refractivity contribution is 9.10. The van der Waals surface area contributed by atoms with E-state index >= 15 is 0 Å². The van der Waals surface area contributed by atoms with Crippen molar-refractivity contribution in [2.75, 3.05) is 25.1 Å². The van der Waals surface area contributed by atoms with E-state index in [0.29, 0.717) is 23.4 Å². The van der Waals surface area contributed by atoms with Gasteiger partial charge in [-0.25, -0.2) is 8.42 Å². The summed E-state index contributed by atoms with van der Waals surface area (Å²) in [4.78, 5) is 11.9. The summed E-state index contributed by atoms with van der Waals surface area (Å²) in [6.45, 7) is 1.02. The third-order valence-corrected chi connectivity index (χ3v) is 4.60. The maximum absolute atomic E-state index is 11.9. The van der Waals surface area contributed by atoms with Crippen molar-refractivity contribution >= 4 is 47.3 Å². The predicted molar refractivity (Wildman–Crippen MR) is 76.4 cm³/mol. The zero-order valence-electron chi connectivity index (χ0n) is 10.1. The second-order valence-electron chi connectivity index (χ2n) is 4.00. The molecule has 0 bridgehead atoms. The second kappa shape index (κ2) is 6.40. The largest absolute Gasteiger partial charge is 0.376 e. The van der Waals surface area contributed by atoms with Gasteiger partial charge < -0.3 is 14.8 Å². The van der Waals surface area contributed by atoms with Gasteiger partial charge >= 0.3 is 0 Å². The van der Waals surface area contributed by atoms with Crippen LogP contribution in [0.2, 0.25) is 0 Å². The highest BCUT2D eigenvalue weighted by atomic mass is 79.9. The lowest BCUT2D eigenvalue weighted by Gasteiger charge is -2.22. The molecule has 0 saturated carbocycles. The fourth-order valence-electron chi connectivity index (χ4n) is 1.60. The molecule has 0 spiro atoms. The zero-order chi connectivity index (χ0) is 14.8. The Morgan fingerprint density at radius 3 is 2.70 bits per heavy atom. The molecule has 2 rings (SSSR count). The number of anilines is 1. The third-order valence-electron chi connectivity index (χ3n) is 2.59. The van der Waals surface area contributed by atoms with Crippen LogP contribution < -0.4 is 5.32 Å². The van der Waals surface area contributed by atoms with Crippen LogP contribution in [0.4, 0.5) is 5.69 Å². The first-order valence-corrected chi connectivity index (χ1v) is 8.72. The lowest BCUT2D eigenvalue weighted by atomic mass is 10.3. The maximum Gasteiger partial charge on any atom is 0.261 e. The quantitative estimate of drug-likeness (QED) is 0.803. The topological polar surface area (TPSA) is 81.7 Å². The van der Waals surface area contributed by atoms with E-state index in [1.807, 2.05) is 0 Å². The van der Waals surface area contributed by atoms with E-state index in [4.69, 9.17) is 20.2 Å². The van der Waals surface area contributed by atoms with Gasteiger partial charge in [0.1, 0.15) is 0 Å². The Hall–Kier alpha value is -0.670. The lowest BCUT2D eigenvalue weighted by Crippen LogP contribution is -2.39. The number of carbonyl (C=O) groups excluding carboxylic acids is 1. The van der Waals surface area contributed by atoms with Crippen molar-refractivity contribution in [1.29, 1.82) is 0 Å². The van der Waals surface area contributed by atoms with Gasteiger partial charge in [-0.15, -0.1) is 0 Å². The number of benzene rings is 1. The van der Waals surface area contributed by atoms with Crippen LogP contribution in [0.15, 0.2) is 27.6 Å². The summed E-state index contributed by atoms with van der Waals surface area (Å²) in [5.41, 5.74) is 0.424. The molecule has 9 heteroatoms. The first-order chi connectivity index (χ1) is 9.38. The smallest absolute Gasteiger partial charge is 0.261 e. The third kappa shape index (κ3) is 3.92. The summed E-state index contributed by atoms with van der Waals surface area (Å²) in [6, 6.07) is 4.07. The van der Waals surface area contributed by atoms with E-state index < -0.39 is 15.2 Å². The SMILES string of the molecule is O=C(Nc1ccc(S(=O)(=O)Cl)cc1Br)C1COCCO1. The van der Waals surface area contributed by atoms with Gasteiger partial charge in [-0.3, -0.25) is 4.79 Å². The van der Waals surface area contributed by atoms with Crippen LogP contribution in [0, 0.1) is 0 Å². The minimum absolute atomic E-state index is 0.0544. The summed E-state index contributed by atoms with van der Waals surface area (Å²) in [6.07, 6.45) is -0.674. The number of halogens is 2. The van der Waals surface area contributed by atoms with Crippen LogP contribution in [0.25, 0.3) is 0 Å².